The van der Waals surface area contributed by atoms with Crippen molar-refractivity contribution in [3.8, 4) is 5.69 Å². The topological polar surface area (TPSA) is 59.0 Å². The number of halogens is 6. The van der Waals surface area contributed by atoms with Gasteiger partial charge in [0.15, 0.2) is 5.69 Å². The summed E-state index contributed by atoms with van der Waals surface area (Å²) in [5.41, 5.74) is -1.26. The van der Waals surface area contributed by atoms with Crippen molar-refractivity contribution in [1.82, 2.24) is 9.78 Å². The third kappa shape index (κ3) is 4.52. The summed E-state index contributed by atoms with van der Waals surface area (Å²) >= 11 is 17.4. The van der Waals surface area contributed by atoms with Crippen molar-refractivity contribution in [3.63, 3.8) is 0 Å². The first-order valence-corrected chi connectivity index (χ1v) is 8.73. The van der Waals surface area contributed by atoms with Gasteiger partial charge < -0.3 is 10.6 Å². The van der Waals surface area contributed by atoms with Crippen molar-refractivity contribution in [2.45, 2.75) is 6.18 Å². The molecule has 2 aromatic carbocycles. The predicted octanol–water partition coefficient (Wildman–Crippen LogP) is 6.50. The van der Waals surface area contributed by atoms with E-state index in [1.54, 1.807) is 0 Å². The maximum Gasteiger partial charge on any atom is 0.435 e. The molecule has 5 nitrogen and oxygen atoms in total. The third-order valence-electron chi connectivity index (χ3n) is 3.53. The fourth-order valence-corrected chi connectivity index (χ4v) is 2.77. The third-order valence-corrected chi connectivity index (χ3v) is 4.53. The largest absolute Gasteiger partial charge is 0.435 e. The van der Waals surface area contributed by atoms with E-state index in [9.17, 15) is 18.0 Å². The number of nitrogens with one attached hydrogen (secondary N) is 2. The van der Waals surface area contributed by atoms with Gasteiger partial charge in [-0.2, -0.15) is 18.3 Å². The highest BCUT2D eigenvalue weighted by Gasteiger charge is 2.39. The van der Waals surface area contributed by atoms with E-state index in [4.69, 9.17) is 34.8 Å². The van der Waals surface area contributed by atoms with Crippen LogP contribution >= 0.6 is 34.8 Å². The molecule has 1 heterocycles. The first kappa shape index (κ1) is 20.3. The number of alkyl halides is 3. The average molecular weight is 450 g/mol. The molecule has 0 saturated carbocycles. The zero-order chi connectivity index (χ0) is 20.5. The summed E-state index contributed by atoms with van der Waals surface area (Å²) in [5, 5.41) is 9.09. The lowest BCUT2D eigenvalue weighted by Crippen LogP contribution is -2.22. The molecule has 0 atom stereocenters. The van der Waals surface area contributed by atoms with Crippen molar-refractivity contribution in [2.75, 3.05) is 10.6 Å². The lowest BCUT2D eigenvalue weighted by atomic mass is 10.3. The van der Waals surface area contributed by atoms with Crippen LogP contribution in [0.25, 0.3) is 5.69 Å². The molecule has 3 aromatic rings. The minimum absolute atomic E-state index is 0.134. The monoisotopic (exact) mass is 448 g/mol. The molecule has 0 aliphatic heterocycles. The minimum Gasteiger partial charge on any atom is -0.308 e. The van der Waals surface area contributed by atoms with E-state index in [2.05, 4.69) is 15.7 Å². The first-order valence-electron chi connectivity index (χ1n) is 7.59. The fraction of sp³-hybridized carbons (Fsp3) is 0.0588. The van der Waals surface area contributed by atoms with Gasteiger partial charge in [0.25, 0.3) is 0 Å². The van der Waals surface area contributed by atoms with Crippen LogP contribution in [0.5, 0.6) is 0 Å². The van der Waals surface area contributed by atoms with E-state index in [1.807, 2.05) is 0 Å². The number of carbonyl (C=O) groups is 1. The van der Waals surface area contributed by atoms with Crippen molar-refractivity contribution >= 4 is 52.2 Å². The van der Waals surface area contributed by atoms with Gasteiger partial charge in [-0.15, -0.1) is 0 Å². The Hall–Kier alpha value is -2.42. The molecule has 0 saturated heterocycles. The molecule has 146 valence electrons. The molecule has 11 heteroatoms. The average Bonchev–Trinajstić information content (AvgIpc) is 3.02. The molecule has 0 unspecified atom stereocenters. The number of hydrogen-bond acceptors (Lipinski definition) is 2. The summed E-state index contributed by atoms with van der Waals surface area (Å²) < 4.78 is 41.4. The summed E-state index contributed by atoms with van der Waals surface area (Å²) in [6.45, 7) is 0. The van der Waals surface area contributed by atoms with Gasteiger partial charge in [0.2, 0.25) is 0 Å². The summed E-state index contributed by atoms with van der Waals surface area (Å²) in [7, 11) is 0. The quantitative estimate of drug-likeness (QED) is 0.480. The van der Waals surface area contributed by atoms with E-state index in [-0.39, 0.29) is 21.4 Å². The number of amides is 2. The Bertz CT molecular complexity index is 1020. The Kier molecular flexibility index (Phi) is 5.74. The standard InChI is InChI=1S/C17H10Cl3F3N4O/c18-9-1-4-11(5-2-9)27-15(17(21,22)23)14(8-24-27)26-16(28)25-10-3-6-12(19)13(20)7-10/h1-8H,(H2,25,26,28). The van der Waals surface area contributed by atoms with Crippen molar-refractivity contribution < 1.29 is 18.0 Å². The van der Waals surface area contributed by atoms with Crippen LogP contribution in [-0.2, 0) is 6.18 Å². The molecular formula is C17H10Cl3F3N4O. The van der Waals surface area contributed by atoms with Gasteiger partial charge in [0.1, 0.15) is 0 Å². The number of rotatable bonds is 3. The summed E-state index contributed by atoms with van der Waals surface area (Å²) in [6, 6.07) is 8.99. The SMILES string of the molecule is O=C(Nc1ccc(Cl)c(Cl)c1)Nc1cnn(-c2ccc(Cl)cc2)c1C(F)(F)F. The van der Waals surface area contributed by atoms with Crippen LogP contribution in [0.15, 0.2) is 48.7 Å². The second-order valence-corrected chi connectivity index (χ2v) is 6.75. The maximum atomic E-state index is 13.6. The van der Waals surface area contributed by atoms with Gasteiger partial charge in [0.05, 0.1) is 27.6 Å². The fourth-order valence-electron chi connectivity index (χ4n) is 2.35. The highest BCUT2D eigenvalue weighted by molar-refractivity contribution is 6.42. The highest BCUT2D eigenvalue weighted by Crippen LogP contribution is 2.36. The molecular weight excluding hydrogens is 440 g/mol. The number of anilines is 2. The number of carbonyl (C=O) groups excluding carboxylic acids is 1. The molecule has 1 aromatic heterocycles. The number of benzene rings is 2. The van der Waals surface area contributed by atoms with E-state index in [1.165, 1.54) is 42.5 Å². The Labute approximate surface area is 172 Å². The van der Waals surface area contributed by atoms with Crippen LogP contribution in [0.2, 0.25) is 15.1 Å². The molecule has 2 N–H and O–H groups in total. The smallest absolute Gasteiger partial charge is 0.308 e. The second-order valence-electron chi connectivity index (χ2n) is 5.50. The summed E-state index contributed by atoms with van der Waals surface area (Å²) in [6.07, 6.45) is -3.87. The van der Waals surface area contributed by atoms with Crippen molar-refractivity contribution in [2.24, 2.45) is 0 Å². The Balaban J connectivity index is 1.88. The second kappa shape index (κ2) is 7.90. The van der Waals surface area contributed by atoms with E-state index < -0.39 is 23.6 Å². The van der Waals surface area contributed by atoms with Crippen LogP contribution in [-0.4, -0.2) is 15.8 Å². The lowest BCUT2D eigenvalue weighted by Gasteiger charge is -2.14. The van der Waals surface area contributed by atoms with E-state index in [0.717, 1.165) is 6.20 Å². The van der Waals surface area contributed by atoms with Crippen LogP contribution in [0.1, 0.15) is 5.69 Å². The van der Waals surface area contributed by atoms with Crippen LogP contribution in [0, 0.1) is 0 Å². The van der Waals surface area contributed by atoms with E-state index >= 15 is 0 Å². The molecule has 28 heavy (non-hydrogen) atoms. The molecule has 0 spiro atoms. The van der Waals surface area contributed by atoms with Gasteiger partial charge in [0, 0.05) is 10.7 Å². The molecule has 2 amide bonds. The lowest BCUT2D eigenvalue weighted by molar-refractivity contribution is -0.142. The van der Waals surface area contributed by atoms with Gasteiger partial charge in [-0.05, 0) is 42.5 Å². The van der Waals surface area contributed by atoms with Gasteiger partial charge in [-0.3, -0.25) is 0 Å². The normalized spacial score (nSPS) is 11.4. The molecule has 3 rings (SSSR count). The van der Waals surface area contributed by atoms with Crippen LogP contribution < -0.4 is 10.6 Å². The first-order chi connectivity index (χ1) is 13.1. The number of nitrogens with zero attached hydrogens (tertiary/aromatic N) is 2. The zero-order valence-corrected chi connectivity index (χ0v) is 16.0. The Morgan fingerprint density at radius 1 is 0.964 bits per heavy atom. The van der Waals surface area contributed by atoms with Gasteiger partial charge in [-0.25, -0.2) is 9.48 Å². The van der Waals surface area contributed by atoms with Crippen LogP contribution in [0.4, 0.5) is 29.3 Å². The maximum absolute atomic E-state index is 13.6. The molecule has 0 fully saturated rings. The Morgan fingerprint density at radius 2 is 1.64 bits per heavy atom. The van der Waals surface area contributed by atoms with Crippen LogP contribution in [0.3, 0.4) is 0 Å². The zero-order valence-electron chi connectivity index (χ0n) is 13.7. The summed E-state index contributed by atoms with van der Waals surface area (Å²) in [5.74, 6) is 0. The number of hydrogen-bond donors (Lipinski definition) is 2. The molecule has 0 aliphatic carbocycles. The van der Waals surface area contributed by atoms with E-state index in [0.29, 0.717) is 9.70 Å². The minimum atomic E-state index is -4.78. The predicted molar refractivity (Wildman–Crippen MR) is 103 cm³/mol. The highest BCUT2D eigenvalue weighted by atomic mass is 35.5. The Morgan fingerprint density at radius 3 is 2.25 bits per heavy atom. The number of aromatic nitrogens is 2. The number of urea groups is 1. The van der Waals surface area contributed by atoms with Crippen molar-refractivity contribution in [3.05, 3.63) is 69.4 Å². The van der Waals surface area contributed by atoms with Gasteiger partial charge in [-0.1, -0.05) is 34.8 Å². The van der Waals surface area contributed by atoms with Crippen molar-refractivity contribution in [1.29, 1.82) is 0 Å². The molecule has 0 aliphatic rings. The molecule has 0 radical (unpaired) electrons. The van der Waals surface area contributed by atoms with Gasteiger partial charge >= 0.3 is 12.2 Å². The summed E-state index contributed by atoms with van der Waals surface area (Å²) in [4.78, 5) is 12.1. The molecule has 0 bridgehead atoms.